The first kappa shape index (κ1) is 14.5. The number of Topliss-reactive ketones (excluding diaryl/α,β-unsaturated/α-hetero) is 1. The van der Waals surface area contributed by atoms with Crippen LogP contribution in [0.1, 0.15) is 35.7 Å². The number of hydrogen-bond donors (Lipinski definition) is 0. The van der Waals surface area contributed by atoms with E-state index in [1.165, 1.54) is 32.4 Å². The second-order valence-electron chi connectivity index (χ2n) is 6.41. The quantitative estimate of drug-likeness (QED) is 0.797. The van der Waals surface area contributed by atoms with Crippen molar-refractivity contribution in [3.63, 3.8) is 0 Å². The third-order valence-corrected chi connectivity index (χ3v) is 4.58. The SMILES string of the molecule is CC(=O)c1cc(F)c(C)cc1N1CCN(CC2CC2)CC1. The maximum Gasteiger partial charge on any atom is 0.161 e. The van der Waals surface area contributed by atoms with Gasteiger partial charge in [-0.1, -0.05) is 0 Å². The molecule has 114 valence electrons. The molecule has 0 spiro atoms. The summed E-state index contributed by atoms with van der Waals surface area (Å²) in [7, 11) is 0. The van der Waals surface area contributed by atoms with Crippen LogP contribution in [0.25, 0.3) is 0 Å². The molecule has 2 aliphatic rings. The molecule has 0 unspecified atom stereocenters. The van der Waals surface area contributed by atoms with Crippen LogP contribution >= 0.6 is 0 Å². The minimum Gasteiger partial charge on any atom is -0.368 e. The number of halogens is 1. The Morgan fingerprint density at radius 2 is 1.90 bits per heavy atom. The fourth-order valence-electron chi connectivity index (χ4n) is 3.05. The lowest BCUT2D eigenvalue weighted by molar-refractivity contribution is 0.101. The normalized spacial score (nSPS) is 19.9. The second kappa shape index (κ2) is 5.76. The van der Waals surface area contributed by atoms with Crippen LogP contribution in [0, 0.1) is 18.7 Å². The van der Waals surface area contributed by atoms with E-state index in [9.17, 15) is 9.18 Å². The van der Waals surface area contributed by atoms with Crippen LogP contribution in [-0.4, -0.2) is 43.4 Å². The predicted octanol–water partition coefficient (Wildman–Crippen LogP) is 2.87. The van der Waals surface area contributed by atoms with Crippen LogP contribution in [-0.2, 0) is 0 Å². The molecule has 21 heavy (non-hydrogen) atoms. The standard InChI is InChI=1S/C17H23FN2O/c1-12-9-17(15(13(2)21)10-16(12)18)20-7-5-19(6-8-20)11-14-3-4-14/h9-10,14H,3-8,11H2,1-2H3. The van der Waals surface area contributed by atoms with Crippen molar-refractivity contribution in [1.29, 1.82) is 0 Å². The number of piperazine rings is 1. The molecule has 1 aromatic rings. The number of anilines is 1. The summed E-state index contributed by atoms with van der Waals surface area (Å²) in [6.45, 7) is 8.38. The van der Waals surface area contributed by atoms with E-state index in [0.29, 0.717) is 11.1 Å². The molecule has 0 N–H and O–H groups in total. The van der Waals surface area contributed by atoms with Crippen molar-refractivity contribution >= 4 is 11.5 Å². The van der Waals surface area contributed by atoms with Gasteiger partial charge in [0.25, 0.3) is 0 Å². The summed E-state index contributed by atoms with van der Waals surface area (Å²) >= 11 is 0. The number of nitrogens with zero attached hydrogens (tertiary/aromatic N) is 2. The fourth-order valence-corrected chi connectivity index (χ4v) is 3.05. The summed E-state index contributed by atoms with van der Waals surface area (Å²) in [4.78, 5) is 16.5. The highest BCUT2D eigenvalue weighted by atomic mass is 19.1. The van der Waals surface area contributed by atoms with Crippen LogP contribution in [0.3, 0.4) is 0 Å². The van der Waals surface area contributed by atoms with Crippen molar-refractivity contribution in [2.45, 2.75) is 26.7 Å². The van der Waals surface area contributed by atoms with Crippen LogP contribution in [0.4, 0.5) is 10.1 Å². The van der Waals surface area contributed by atoms with Gasteiger partial charge < -0.3 is 4.90 Å². The third kappa shape index (κ3) is 3.26. The van der Waals surface area contributed by atoms with Gasteiger partial charge in [-0.2, -0.15) is 0 Å². The minimum absolute atomic E-state index is 0.0655. The van der Waals surface area contributed by atoms with Gasteiger partial charge in [0.05, 0.1) is 0 Å². The molecule has 0 radical (unpaired) electrons. The summed E-state index contributed by atoms with van der Waals surface area (Å²) in [5, 5.41) is 0. The predicted molar refractivity (Wildman–Crippen MR) is 82.5 cm³/mol. The highest BCUT2D eigenvalue weighted by Crippen LogP contribution is 2.31. The van der Waals surface area contributed by atoms with Crippen LogP contribution in [0.5, 0.6) is 0 Å². The first-order valence-electron chi connectivity index (χ1n) is 7.83. The molecular weight excluding hydrogens is 267 g/mol. The summed E-state index contributed by atoms with van der Waals surface area (Å²) in [6.07, 6.45) is 2.76. The number of aryl methyl sites for hydroxylation is 1. The lowest BCUT2D eigenvalue weighted by Crippen LogP contribution is -2.47. The van der Waals surface area contributed by atoms with Crippen molar-refractivity contribution in [3.8, 4) is 0 Å². The monoisotopic (exact) mass is 290 g/mol. The van der Waals surface area contributed by atoms with E-state index in [1.807, 2.05) is 6.07 Å². The number of benzene rings is 1. The van der Waals surface area contributed by atoms with Crippen molar-refractivity contribution < 1.29 is 9.18 Å². The lowest BCUT2D eigenvalue weighted by atomic mass is 10.0. The van der Waals surface area contributed by atoms with Gasteiger partial charge in [-0.15, -0.1) is 0 Å². The zero-order chi connectivity index (χ0) is 15.0. The zero-order valence-electron chi connectivity index (χ0n) is 12.9. The van der Waals surface area contributed by atoms with Crippen LogP contribution < -0.4 is 4.90 Å². The zero-order valence-corrected chi connectivity index (χ0v) is 12.9. The molecule has 1 saturated carbocycles. The van der Waals surface area contributed by atoms with Gasteiger partial charge in [0.2, 0.25) is 0 Å². The Hall–Kier alpha value is -1.42. The number of ketones is 1. The molecule has 1 aromatic carbocycles. The molecule has 1 aliphatic carbocycles. The van der Waals surface area contributed by atoms with Crippen molar-refractivity contribution in [2.24, 2.45) is 5.92 Å². The van der Waals surface area contributed by atoms with Crippen molar-refractivity contribution in [2.75, 3.05) is 37.6 Å². The molecule has 1 saturated heterocycles. The molecule has 0 aromatic heterocycles. The Morgan fingerprint density at radius 1 is 1.24 bits per heavy atom. The van der Waals surface area contributed by atoms with E-state index in [4.69, 9.17) is 0 Å². The number of carbonyl (C=O) groups excluding carboxylic acids is 1. The van der Waals surface area contributed by atoms with E-state index in [1.54, 1.807) is 6.92 Å². The van der Waals surface area contributed by atoms with Crippen molar-refractivity contribution in [1.82, 2.24) is 4.90 Å². The maximum absolute atomic E-state index is 13.7. The van der Waals surface area contributed by atoms with Gasteiger partial charge in [0, 0.05) is 44.0 Å². The molecule has 3 rings (SSSR count). The third-order valence-electron chi connectivity index (χ3n) is 4.58. The van der Waals surface area contributed by atoms with E-state index in [0.717, 1.165) is 37.8 Å². The molecule has 1 heterocycles. The molecular formula is C17H23FN2O. The first-order chi connectivity index (χ1) is 10.0. The minimum atomic E-state index is -0.295. The Kier molecular flexibility index (Phi) is 3.98. The highest BCUT2D eigenvalue weighted by Gasteiger charge is 2.27. The largest absolute Gasteiger partial charge is 0.368 e. The van der Waals surface area contributed by atoms with E-state index >= 15 is 0 Å². The average molecular weight is 290 g/mol. The summed E-state index contributed by atoms with van der Waals surface area (Å²) in [5.74, 6) is 0.554. The second-order valence-corrected chi connectivity index (χ2v) is 6.41. The summed E-state index contributed by atoms with van der Waals surface area (Å²) in [5.41, 5.74) is 2.01. The van der Waals surface area contributed by atoms with Gasteiger partial charge in [0.1, 0.15) is 5.82 Å². The van der Waals surface area contributed by atoms with Gasteiger partial charge in [-0.25, -0.2) is 4.39 Å². The van der Waals surface area contributed by atoms with Gasteiger partial charge in [0.15, 0.2) is 5.78 Å². The molecule has 1 aliphatic heterocycles. The molecule has 0 atom stereocenters. The first-order valence-corrected chi connectivity index (χ1v) is 7.83. The fraction of sp³-hybridized carbons (Fsp3) is 0.588. The van der Waals surface area contributed by atoms with E-state index in [-0.39, 0.29) is 11.6 Å². The Labute approximate surface area is 125 Å². The number of rotatable bonds is 4. The van der Waals surface area contributed by atoms with Gasteiger partial charge in [-0.05, 0) is 50.3 Å². The Balaban J connectivity index is 1.74. The van der Waals surface area contributed by atoms with Crippen molar-refractivity contribution in [3.05, 3.63) is 29.1 Å². The van der Waals surface area contributed by atoms with Crippen LogP contribution in [0.15, 0.2) is 12.1 Å². The van der Waals surface area contributed by atoms with E-state index < -0.39 is 0 Å². The Bertz CT molecular complexity index is 546. The molecule has 4 heteroatoms. The van der Waals surface area contributed by atoms with Gasteiger partial charge >= 0.3 is 0 Å². The molecule has 3 nitrogen and oxygen atoms in total. The molecule has 2 fully saturated rings. The molecule has 0 amide bonds. The summed E-state index contributed by atoms with van der Waals surface area (Å²) in [6, 6.07) is 3.21. The van der Waals surface area contributed by atoms with E-state index in [2.05, 4.69) is 9.80 Å². The Morgan fingerprint density at radius 3 is 2.48 bits per heavy atom. The maximum atomic E-state index is 13.7. The number of hydrogen-bond acceptors (Lipinski definition) is 3. The highest BCUT2D eigenvalue weighted by molar-refractivity contribution is 6.00. The van der Waals surface area contributed by atoms with Gasteiger partial charge in [-0.3, -0.25) is 9.69 Å². The van der Waals surface area contributed by atoms with Crippen LogP contribution in [0.2, 0.25) is 0 Å². The molecule has 0 bridgehead atoms. The number of carbonyl (C=O) groups is 1. The average Bonchev–Trinajstić information content (AvgIpc) is 3.26. The topological polar surface area (TPSA) is 23.6 Å². The summed E-state index contributed by atoms with van der Waals surface area (Å²) < 4.78 is 13.7. The smallest absolute Gasteiger partial charge is 0.161 e. The lowest BCUT2D eigenvalue weighted by Gasteiger charge is -2.37.